The van der Waals surface area contributed by atoms with E-state index in [1.54, 1.807) is 7.11 Å². The first-order valence-corrected chi connectivity index (χ1v) is 9.08. The van der Waals surface area contributed by atoms with Gasteiger partial charge in [0.1, 0.15) is 17.4 Å². The fraction of sp³-hybridized carbons (Fsp3) is 0.273. The Morgan fingerprint density at radius 1 is 1.18 bits per heavy atom. The average Bonchev–Trinajstić information content (AvgIpc) is 3.10. The van der Waals surface area contributed by atoms with Gasteiger partial charge in [-0.25, -0.2) is 0 Å². The van der Waals surface area contributed by atoms with Gasteiger partial charge in [-0.05, 0) is 17.0 Å². The molecule has 3 aromatic rings. The number of nitriles is 1. The third-order valence-corrected chi connectivity index (χ3v) is 5.14. The summed E-state index contributed by atoms with van der Waals surface area (Å²) in [7, 11) is 1.65. The van der Waals surface area contributed by atoms with E-state index in [2.05, 4.69) is 37.0 Å². The standard InChI is InChI=1S/C22H22N4O2/c1-22(2,3)19-18-17(15(11-23)20(24)28-21(18)26-25-19)14-9-10-16(27-4)13-8-6-5-7-12(13)14/h5-10,17H,24H2,1-4H3,(H,25,26). The lowest BCUT2D eigenvalue weighted by atomic mass is 9.77. The first kappa shape index (κ1) is 17.9. The molecule has 1 aliphatic heterocycles. The lowest BCUT2D eigenvalue weighted by Gasteiger charge is -2.28. The number of allylic oxidation sites excluding steroid dienone is 1. The van der Waals surface area contributed by atoms with Crippen LogP contribution in [-0.4, -0.2) is 17.3 Å². The smallest absolute Gasteiger partial charge is 0.244 e. The number of hydrogen-bond donors (Lipinski definition) is 2. The number of aromatic amines is 1. The van der Waals surface area contributed by atoms with Gasteiger partial charge in [0, 0.05) is 16.5 Å². The van der Waals surface area contributed by atoms with Crippen molar-refractivity contribution < 1.29 is 9.47 Å². The largest absolute Gasteiger partial charge is 0.496 e. The molecular formula is C22H22N4O2. The number of rotatable bonds is 2. The number of ether oxygens (including phenoxy) is 2. The second kappa shape index (κ2) is 6.31. The molecule has 0 saturated heterocycles. The molecular weight excluding hydrogens is 352 g/mol. The monoisotopic (exact) mass is 374 g/mol. The second-order valence-electron chi connectivity index (χ2n) is 7.89. The molecule has 2 heterocycles. The van der Waals surface area contributed by atoms with E-state index in [4.69, 9.17) is 15.2 Å². The number of nitrogens with two attached hydrogens (primary N) is 1. The van der Waals surface area contributed by atoms with Gasteiger partial charge in [0.2, 0.25) is 11.8 Å². The van der Waals surface area contributed by atoms with Crippen molar-refractivity contribution in [3.05, 3.63) is 64.7 Å². The Labute approximate surface area is 163 Å². The molecule has 28 heavy (non-hydrogen) atoms. The van der Waals surface area contributed by atoms with Gasteiger partial charge >= 0.3 is 0 Å². The molecule has 0 amide bonds. The molecule has 2 aromatic carbocycles. The summed E-state index contributed by atoms with van der Waals surface area (Å²) in [5.74, 6) is 0.918. The van der Waals surface area contributed by atoms with E-state index >= 15 is 0 Å². The summed E-state index contributed by atoms with van der Waals surface area (Å²) in [5.41, 5.74) is 9.02. The fourth-order valence-electron chi connectivity index (χ4n) is 3.85. The average molecular weight is 374 g/mol. The van der Waals surface area contributed by atoms with Gasteiger partial charge in [0.25, 0.3) is 0 Å². The van der Waals surface area contributed by atoms with E-state index in [1.807, 2.05) is 36.4 Å². The summed E-state index contributed by atoms with van der Waals surface area (Å²) in [6.45, 7) is 6.28. The molecule has 142 valence electrons. The summed E-state index contributed by atoms with van der Waals surface area (Å²) >= 11 is 0. The molecule has 1 unspecified atom stereocenters. The highest BCUT2D eigenvalue weighted by molar-refractivity contribution is 5.92. The lowest BCUT2D eigenvalue weighted by molar-refractivity contribution is 0.378. The van der Waals surface area contributed by atoms with E-state index in [0.717, 1.165) is 33.3 Å². The molecule has 4 rings (SSSR count). The van der Waals surface area contributed by atoms with Crippen LogP contribution in [0.3, 0.4) is 0 Å². The third kappa shape index (κ3) is 2.59. The summed E-state index contributed by atoms with van der Waals surface area (Å²) in [6, 6.07) is 14.2. The van der Waals surface area contributed by atoms with Crippen LogP contribution in [0.1, 0.15) is 43.5 Å². The van der Waals surface area contributed by atoms with Crippen molar-refractivity contribution in [1.29, 1.82) is 5.26 Å². The maximum absolute atomic E-state index is 9.90. The summed E-state index contributed by atoms with van der Waals surface area (Å²) < 4.78 is 11.2. The minimum atomic E-state index is -0.377. The molecule has 6 nitrogen and oxygen atoms in total. The second-order valence-corrected chi connectivity index (χ2v) is 7.89. The highest BCUT2D eigenvalue weighted by Crippen LogP contribution is 2.47. The van der Waals surface area contributed by atoms with Gasteiger partial charge in [-0.15, -0.1) is 5.10 Å². The summed E-state index contributed by atoms with van der Waals surface area (Å²) in [6.07, 6.45) is 0. The highest BCUT2D eigenvalue weighted by atomic mass is 16.5. The number of H-pyrrole nitrogens is 1. The predicted octanol–water partition coefficient (Wildman–Crippen LogP) is 4.09. The normalized spacial score (nSPS) is 16.5. The van der Waals surface area contributed by atoms with Crippen LogP contribution >= 0.6 is 0 Å². The molecule has 0 radical (unpaired) electrons. The molecule has 0 fully saturated rings. The molecule has 0 aliphatic carbocycles. The Morgan fingerprint density at radius 3 is 2.54 bits per heavy atom. The number of nitrogens with zero attached hydrogens (tertiary/aromatic N) is 2. The molecule has 6 heteroatoms. The van der Waals surface area contributed by atoms with Crippen molar-refractivity contribution in [2.75, 3.05) is 7.11 Å². The van der Waals surface area contributed by atoms with Crippen molar-refractivity contribution in [2.24, 2.45) is 5.73 Å². The molecule has 1 atom stereocenters. The molecule has 3 N–H and O–H groups in total. The number of benzene rings is 2. The topological polar surface area (TPSA) is 96.9 Å². The summed E-state index contributed by atoms with van der Waals surface area (Å²) in [4.78, 5) is 0. The summed E-state index contributed by atoms with van der Waals surface area (Å²) in [5, 5.41) is 19.3. The fourth-order valence-corrected chi connectivity index (χ4v) is 3.85. The van der Waals surface area contributed by atoms with Crippen LogP contribution in [-0.2, 0) is 5.41 Å². The zero-order valence-electron chi connectivity index (χ0n) is 16.3. The molecule has 1 aromatic heterocycles. The Hall–Kier alpha value is -3.46. The Bertz CT molecular complexity index is 1150. The molecule has 1 aliphatic rings. The van der Waals surface area contributed by atoms with E-state index in [0.29, 0.717) is 11.5 Å². The number of hydrogen-bond acceptors (Lipinski definition) is 5. The number of fused-ring (bicyclic) bond motifs is 2. The zero-order valence-corrected chi connectivity index (χ0v) is 16.3. The molecule has 0 saturated carbocycles. The van der Waals surface area contributed by atoms with Crippen molar-refractivity contribution >= 4 is 10.8 Å². The van der Waals surface area contributed by atoms with Crippen LogP contribution in [0.2, 0.25) is 0 Å². The maximum Gasteiger partial charge on any atom is 0.244 e. The van der Waals surface area contributed by atoms with Crippen molar-refractivity contribution in [2.45, 2.75) is 32.1 Å². The number of nitrogens with one attached hydrogen (secondary N) is 1. The van der Waals surface area contributed by atoms with Crippen LogP contribution in [0.15, 0.2) is 47.9 Å². The van der Waals surface area contributed by atoms with Crippen molar-refractivity contribution in [3.63, 3.8) is 0 Å². The quantitative estimate of drug-likeness (QED) is 0.704. The zero-order chi connectivity index (χ0) is 20.1. The van der Waals surface area contributed by atoms with Crippen LogP contribution in [0.4, 0.5) is 0 Å². The Morgan fingerprint density at radius 2 is 1.89 bits per heavy atom. The van der Waals surface area contributed by atoms with Gasteiger partial charge in [-0.3, -0.25) is 5.10 Å². The number of methoxy groups -OCH3 is 1. The van der Waals surface area contributed by atoms with Gasteiger partial charge in [-0.1, -0.05) is 51.1 Å². The SMILES string of the molecule is COc1ccc(C2C(C#N)=C(N)Oc3n[nH]c(C(C)(C)C)c32)c2ccccc12. The Balaban J connectivity index is 2.07. The predicted molar refractivity (Wildman–Crippen MR) is 107 cm³/mol. The van der Waals surface area contributed by atoms with E-state index in [1.165, 1.54) is 0 Å². The van der Waals surface area contributed by atoms with Crippen LogP contribution in [0, 0.1) is 11.3 Å². The van der Waals surface area contributed by atoms with E-state index in [-0.39, 0.29) is 17.2 Å². The minimum absolute atomic E-state index is 0.0897. The third-order valence-electron chi connectivity index (χ3n) is 5.14. The highest BCUT2D eigenvalue weighted by Gasteiger charge is 2.38. The lowest BCUT2D eigenvalue weighted by Crippen LogP contribution is -2.24. The van der Waals surface area contributed by atoms with E-state index in [9.17, 15) is 5.26 Å². The van der Waals surface area contributed by atoms with Gasteiger partial charge in [0.05, 0.1) is 18.6 Å². The van der Waals surface area contributed by atoms with Crippen LogP contribution in [0.5, 0.6) is 11.6 Å². The minimum Gasteiger partial charge on any atom is -0.496 e. The van der Waals surface area contributed by atoms with E-state index < -0.39 is 0 Å². The van der Waals surface area contributed by atoms with Gasteiger partial charge in [-0.2, -0.15) is 5.26 Å². The van der Waals surface area contributed by atoms with Crippen LogP contribution in [0.25, 0.3) is 10.8 Å². The number of aromatic nitrogens is 2. The van der Waals surface area contributed by atoms with Crippen molar-refractivity contribution in [1.82, 2.24) is 10.2 Å². The molecule has 0 bridgehead atoms. The maximum atomic E-state index is 9.90. The first-order valence-electron chi connectivity index (χ1n) is 9.08. The van der Waals surface area contributed by atoms with Crippen molar-refractivity contribution in [3.8, 4) is 17.7 Å². The van der Waals surface area contributed by atoms with Crippen LogP contribution < -0.4 is 15.2 Å². The van der Waals surface area contributed by atoms with Gasteiger partial charge in [0.15, 0.2) is 0 Å². The van der Waals surface area contributed by atoms with Gasteiger partial charge < -0.3 is 15.2 Å². The Kier molecular flexibility index (Phi) is 4.04. The molecule has 0 spiro atoms. The first-order chi connectivity index (χ1) is 13.4.